The van der Waals surface area contributed by atoms with Gasteiger partial charge < -0.3 is 25.3 Å². The molecular formula is C22H23CaO5P. The molecule has 2 N–H and O–H groups in total. The zero-order valence-electron chi connectivity index (χ0n) is 16.4. The molecule has 0 atom stereocenters. The molecular weight excluding hydrogens is 415 g/mol. The van der Waals surface area contributed by atoms with E-state index in [1.807, 2.05) is 0 Å². The largest absolute Gasteiger partial charge is 2.00 e. The van der Waals surface area contributed by atoms with E-state index >= 15 is 0 Å². The third kappa shape index (κ3) is 13.2. The van der Waals surface area contributed by atoms with Gasteiger partial charge in [0, 0.05) is 11.9 Å². The fourth-order valence-corrected chi connectivity index (χ4v) is 4.48. The Labute approximate surface area is 202 Å². The van der Waals surface area contributed by atoms with E-state index in [0.29, 0.717) is 0 Å². The van der Waals surface area contributed by atoms with Crippen molar-refractivity contribution in [2.45, 2.75) is 13.8 Å². The number of aliphatic carboxylic acids is 2. The molecule has 3 aromatic rings. The van der Waals surface area contributed by atoms with Crippen molar-refractivity contribution in [3.8, 4) is 0 Å². The summed E-state index contributed by atoms with van der Waals surface area (Å²) in [6.45, 7) is 1.94. The molecule has 0 saturated carbocycles. The van der Waals surface area contributed by atoms with Gasteiger partial charge >= 0.3 is 37.7 Å². The number of benzene rings is 3. The predicted octanol–water partition coefficient (Wildman–Crippen LogP) is -0.248. The first kappa shape index (κ1) is 29.5. The van der Waals surface area contributed by atoms with E-state index in [2.05, 4.69) is 91.0 Å². The van der Waals surface area contributed by atoms with Gasteiger partial charge in [0.25, 0.3) is 0 Å². The van der Waals surface area contributed by atoms with E-state index in [1.54, 1.807) is 0 Å². The van der Waals surface area contributed by atoms with Crippen LogP contribution in [-0.4, -0.2) is 55.2 Å². The molecule has 0 aromatic heterocycles. The Kier molecular flexibility index (Phi) is 17.4. The van der Waals surface area contributed by atoms with Crippen molar-refractivity contribution in [1.82, 2.24) is 0 Å². The summed E-state index contributed by atoms with van der Waals surface area (Å²) in [5.74, 6) is -2.17. The van der Waals surface area contributed by atoms with Gasteiger partial charge in [-0.2, -0.15) is 0 Å². The van der Waals surface area contributed by atoms with Crippen LogP contribution in [0.5, 0.6) is 0 Å². The van der Waals surface area contributed by atoms with E-state index in [4.69, 9.17) is 19.8 Å². The molecule has 0 aliphatic rings. The fourth-order valence-electron chi connectivity index (χ4n) is 2.18. The molecule has 148 valence electrons. The maximum absolute atomic E-state index is 8.89. The van der Waals surface area contributed by atoms with Crippen LogP contribution < -0.4 is 26.1 Å². The van der Waals surface area contributed by atoms with Crippen molar-refractivity contribution in [1.29, 1.82) is 0 Å². The van der Waals surface area contributed by atoms with Crippen LogP contribution in [0.1, 0.15) is 13.8 Å². The van der Waals surface area contributed by atoms with Crippen molar-refractivity contribution in [3.05, 3.63) is 91.0 Å². The van der Waals surface area contributed by atoms with Gasteiger partial charge in [0.1, 0.15) is 0 Å². The Morgan fingerprint density at radius 3 is 0.931 bits per heavy atom. The maximum Gasteiger partial charge on any atom is 2.00 e. The summed E-state index contributed by atoms with van der Waals surface area (Å²) in [6.07, 6.45) is 0. The summed E-state index contributed by atoms with van der Waals surface area (Å²) in [7, 11) is -0.446. The molecule has 0 aliphatic carbocycles. The molecule has 3 rings (SSSR count). The number of hydrogen-bond donors (Lipinski definition) is 0. The topological polar surface area (TPSA) is 112 Å². The normalized spacial score (nSPS) is 8.66. The zero-order valence-corrected chi connectivity index (χ0v) is 19.6. The predicted molar refractivity (Wildman–Crippen MR) is 116 cm³/mol. The second kappa shape index (κ2) is 17.1. The number of carboxylic acid groups (broad SMARTS) is 2. The van der Waals surface area contributed by atoms with Crippen molar-refractivity contribution >= 4 is 73.5 Å². The average Bonchev–Trinajstić information content (AvgIpc) is 2.64. The van der Waals surface area contributed by atoms with Crippen LogP contribution in [-0.2, 0) is 9.59 Å². The maximum atomic E-state index is 8.89. The third-order valence-electron chi connectivity index (χ3n) is 3.04. The molecule has 7 heteroatoms. The van der Waals surface area contributed by atoms with Crippen molar-refractivity contribution in [3.63, 3.8) is 0 Å². The number of carbonyl (C=O) groups is 2. The molecule has 29 heavy (non-hydrogen) atoms. The van der Waals surface area contributed by atoms with Gasteiger partial charge in [-0.05, 0) is 37.7 Å². The van der Waals surface area contributed by atoms with Crippen molar-refractivity contribution in [2.75, 3.05) is 0 Å². The van der Waals surface area contributed by atoms with Crippen LogP contribution in [0, 0.1) is 0 Å². The fraction of sp³-hybridized carbons (Fsp3) is 0.0909. The summed E-state index contributed by atoms with van der Waals surface area (Å²) in [5.41, 5.74) is 0. The van der Waals surface area contributed by atoms with E-state index in [1.165, 1.54) is 15.9 Å². The van der Waals surface area contributed by atoms with Crippen LogP contribution in [0.2, 0.25) is 0 Å². The van der Waals surface area contributed by atoms with Gasteiger partial charge in [-0.1, -0.05) is 91.0 Å². The molecule has 0 unspecified atom stereocenters. The van der Waals surface area contributed by atoms with Gasteiger partial charge in [-0.25, -0.2) is 0 Å². The van der Waals surface area contributed by atoms with Gasteiger partial charge in [-0.15, -0.1) is 0 Å². The first-order chi connectivity index (χ1) is 12.9. The summed E-state index contributed by atoms with van der Waals surface area (Å²) >= 11 is 0. The zero-order chi connectivity index (χ0) is 20.1. The van der Waals surface area contributed by atoms with E-state index in [-0.39, 0.29) is 43.2 Å². The average molecular weight is 438 g/mol. The van der Waals surface area contributed by atoms with Gasteiger partial charge in [0.2, 0.25) is 0 Å². The molecule has 0 spiro atoms. The molecule has 3 aromatic carbocycles. The van der Waals surface area contributed by atoms with Crippen LogP contribution in [0.25, 0.3) is 0 Å². The molecule has 0 saturated heterocycles. The minimum Gasteiger partial charge on any atom is -0.550 e. The standard InChI is InChI=1S/C18H15P.2C2H4O2.Ca.H2O/c1-4-10-16(11-5-1)19(17-12-6-2-7-13-17)18-14-8-3-9-15-18;2*1-2(3)4;;/h1-15H;2*1H3,(H,3,4);;1H2/q;;;+2;/p-2. The van der Waals surface area contributed by atoms with Crippen LogP contribution in [0.15, 0.2) is 91.0 Å². The Hall–Kier alpha value is -1.75. The number of carbonyl (C=O) groups excluding carboxylic acids is 2. The van der Waals surface area contributed by atoms with Crippen molar-refractivity contribution in [2.24, 2.45) is 0 Å². The molecule has 5 nitrogen and oxygen atoms in total. The Morgan fingerprint density at radius 2 is 0.759 bits per heavy atom. The quantitative estimate of drug-likeness (QED) is 0.415. The van der Waals surface area contributed by atoms with E-state index < -0.39 is 19.9 Å². The van der Waals surface area contributed by atoms with Crippen LogP contribution >= 0.6 is 7.92 Å². The summed E-state index contributed by atoms with van der Waals surface area (Å²) in [4.78, 5) is 17.8. The van der Waals surface area contributed by atoms with Crippen LogP contribution in [0.3, 0.4) is 0 Å². The smallest absolute Gasteiger partial charge is 0.550 e. The molecule has 0 radical (unpaired) electrons. The van der Waals surface area contributed by atoms with Crippen molar-refractivity contribution < 1.29 is 25.3 Å². The van der Waals surface area contributed by atoms with Gasteiger partial charge in [0.05, 0.1) is 0 Å². The van der Waals surface area contributed by atoms with Crippen LogP contribution in [0.4, 0.5) is 0 Å². The van der Waals surface area contributed by atoms with Gasteiger partial charge in [-0.3, -0.25) is 0 Å². The Bertz CT molecular complexity index is 700. The number of rotatable bonds is 3. The van der Waals surface area contributed by atoms with E-state index in [9.17, 15) is 0 Å². The number of hydrogen-bond acceptors (Lipinski definition) is 4. The summed E-state index contributed by atoms with van der Waals surface area (Å²) in [6, 6.07) is 32.3. The summed E-state index contributed by atoms with van der Waals surface area (Å²) < 4.78 is 0. The molecule has 0 bridgehead atoms. The first-order valence-corrected chi connectivity index (χ1v) is 9.56. The SMILES string of the molecule is CC(=O)[O-].CC(=O)[O-].O.[Ca+2].c1ccc(P(c2ccccc2)c2ccccc2)cc1. The third-order valence-corrected chi connectivity index (χ3v) is 5.49. The second-order valence-corrected chi connectivity index (χ2v) is 7.55. The molecule has 0 heterocycles. The second-order valence-electron chi connectivity index (χ2n) is 5.33. The minimum atomic E-state index is -1.08. The molecule has 0 fully saturated rings. The van der Waals surface area contributed by atoms with E-state index in [0.717, 1.165) is 13.8 Å². The minimum absolute atomic E-state index is 0. The Balaban J connectivity index is 0. The Morgan fingerprint density at radius 1 is 0.586 bits per heavy atom. The summed E-state index contributed by atoms with van der Waals surface area (Å²) in [5, 5.41) is 22.0. The number of carboxylic acids is 2. The first-order valence-electron chi connectivity index (χ1n) is 8.22. The van der Waals surface area contributed by atoms with Gasteiger partial charge in [0.15, 0.2) is 0 Å². The molecule has 0 amide bonds. The molecule has 0 aliphatic heterocycles. The monoisotopic (exact) mass is 438 g/mol.